The number of benzene rings is 2. The molecule has 0 aliphatic heterocycles. The average molecular weight is 715 g/mol. The summed E-state index contributed by atoms with van der Waals surface area (Å²) >= 11 is 0. The second-order valence-corrected chi connectivity index (χ2v) is 21.4. The van der Waals surface area contributed by atoms with Crippen LogP contribution in [-0.4, -0.2) is 22.4 Å². The lowest BCUT2D eigenvalue weighted by atomic mass is 9.45. The summed E-state index contributed by atoms with van der Waals surface area (Å²) in [7, 11) is 0. The van der Waals surface area contributed by atoms with Crippen molar-refractivity contribution < 1.29 is 10.2 Å². The van der Waals surface area contributed by atoms with E-state index >= 15 is 5.11 Å². The molecule has 2 aliphatic carbocycles. The molecule has 0 aromatic heterocycles. The minimum atomic E-state index is -0.954. The Bertz CT molecular complexity index is 1300. The molecule has 0 atom stereocenters. The normalized spacial score (nSPS) is 17.9. The molecule has 4 rings (SSSR count). The van der Waals surface area contributed by atoms with Crippen LogP contribution in [0, 0.1) is 11.8 Å². The van der Waals surface area contributed by atoms with E-state index in [1.165, 1.54) is 83.0 Å². The second kappa shape index (κ2) is 16.2. The first-order valence-corrected chi connectivity index (χ1v) is 21.8. The minimum absolute atomic E-state index is 0.143. The Labute approximate surface area is 322 Å². The van der Waals surface area contributed by atoms with Gasteiger partial charge in [-0.15, -0.1) is 0 Å². The van der Waals surface area contributed by atoms with Gasteiger partial charge in [0.05, 0.1) is 11.0 Å². The number of rotatable bonds is 11. The highest BCUT2D eigenvalue weighted by molar-refractivity contribution is 5.62. The van der Waals surface area contributed by atoms with Gasteiger partial charge in [-0.2, -0.15) is 0 Å². The number of hydrogen-bond acceptors (Lipinski definition) is 2. The van der Waals surface area contributed by atoms with Gasteiger partial charge in [0.1, 0.15) is 0 Å². The maximum atomic E-state index is 15.1. The van der Waals surface area contributed by atoms with Crippen LogP contribution < -0.4 is 0 Å². The van der Waals surface area contributed by atoms with Crippen LogP contribution in [0.4, 0.5) is 0 Å². The third-order valence-electron chi connectivity index (χ3n) is 13.4. The van der Waals surface area contributed by atoms with E-state index in [1.807, 2.05) is 0 Å². The monoisotopic (exact) mass is 715 g/mol. The molecule has 2 heteroatoms. The smallest absolute Gasteiger partial charge is 0.0840 e. The van der Waals surface area contributed by atoms with Crippen molar-refractivity contribution >= 4 is 0 Å². The zero-order valence-corrected chi connectivity index (χ0v) is 36.7. The summed E-state index contributed by atoms with van der Waals surface area (Å²) < 4.78 is 0. The Morgan fingerprint density at radius 3 is 1.06 bits per heavy atom. The van der Waals surface area contributed by atoms with Crippen LogP contribution in [0.3, 0.4) is 0 Å². The maximum absolute atomic E-state index is 15.1. The summed E-state index contributed by atoms with van der Waals surface area (Å²) in [6.07, 6.45) is 16.2. The molecular formula is C50H82O2. The number of aliphatic hydroxyl groups excluding tert-OH is 1. The summed E-state index contributed by atoms with van der Waals surface area (Å²) in [4.78, 5) is 0. The van der Waals surface area contributed by atoms with Crippen LogP contribution in [0.25, 0.3) is 0 Å². The van der Waals surface area contributed by atoms with Crippen molar-refractivity contribution in [1.82, 2.24) is 0 Å². The standard InChI is InChI=1S/C50H82O2/c1-15-35-31-39(45(3,4)5)43(40(32-35)46(6,7)8)49(29-23-24-30-51,50(52,37-25-19-17-20-26-37)38-27-21-18-22-28-38)44-41(47(9,10)11)33-36(16-2)34-42(44)48(12,13)14/h31-34,37-38,51-52H,15-30H2,1-14H3. The van der Waals surface area contributed by atoms with Crippen LogP contribution in [0.15, 0.2) is 24.3 Å². The lowest BCUT2D eigenvalue weighted by Crippen LogP contribution is -2.64. The first-order valence-electron chi connectivity index (χ1n) is 21.8. The van der Waals surface area contributed by atoms with Gasteiger partial charge >= 0.3 is 0 Å². The van der Waals surface area contributed by atoms with E-state index in [2.05, 4.69) is 121 Å². The van der Waals surface area contributed by atoms with E-state index in [1.54, 1.807) is 0 Å². The third-order valence-corrected chi connectivity index (χ3v) is 13.4. The molecule has 0 spiro atoms. The van der Waals surface area contributed by atoms with Crippen LogP contribution in [0.1, 0.15) is 225 Å². The van der Waals surface area contributed by atoms with E-state index in [0.717, 1.165) is 57.8 Å². The van der Waals surface area contributed by atoms with E-state index < -0.39 is 11.0 Å². The predicted octanol–water partition coefficient (Wildman–Crippen LogP) is 13.3. The van der Waals surface area contributed by atoms with Crippen molar-refractivity contribution in [2.45, 2.75) is 226 Å². The van der Waals surface area contributed by atoms with Crippen molar-refractivity contribution in [3.63, 3.8) is 0 Å². The van der Waals surface area contributed by atoms with Crippen molar-refractivity contribution in [1.29, 1.82) is 0 Å². The van der Waals surface area contributed by atoms with Gasteiger partial charge in [-0.05, 0) is 136 Å². The van der Waals surface area contributed by atoms with Gasteiger partial charge in [0.2, 0.25) is 0 Å². The summed E-state index contributed by atoms with van der Waals surface area (Å²) in [5, 5.41) is 25.6. The molecule has 2 aromatic rings. The molecule has 0 bridgehead atoms. The SMILES string of the molecule is CCc1cc(C(C)(C)C)c(C(CCCCO)(c2c(C(C)(C)C)cc(CC)cc2C(C)(C)C)C(O)(C2CCCCC2)C2CCCCC2)c(C(C)(C)C)c1. The Morgan fingerprint density at radius 1 is 0.500 bits per heavy atom. The Hall–Kier alpha value is -1.64. The van der Waals surface area contributed by atoms with Gasteiger partial charge in [0, 0.05) is 6.61 Å². The molecule has 0 heterocycles. The van der Waals surface area contributed by atoms with Gasteiger partial charge in [0.25, 0.3) is 0 Å². The first kappa shape index (κ1) is 43.1. The van der Waals surface area contributed by atoms with E-state index in [9.17, 15) is 5.11 Å². The molecule has 0 saturated heterocycles. The van der Waals surface area contributed by atoms with Crippen LogP contribution >= 0.6 is 0 Å². The molecule has 2 aliphatic rings. The molecule has 52 heavy (non-hydrogen) atoms. The summed E-state index contributed by atoms with van der Waals surface area (Å²) in [6.45, 7) is 33.9. The average Bonchev–Trinajstić information content (AvgIpc) is 3.08. The second-order valence-electron chi connectivity index (χ2n) is 21.4. The highest BCUT2D eigenvalue weighted by Gasteiger charge is 2.63. The summed E-state index contributed by atoms with van der Waals surface area (Å²) in [5.41, 5.74) is 9.14. The number of hydrogen-bond donors (Lipinski definition) is 2. The fourth-order valence-electron chi connectivity index (χ4n) is 10.7. The van der Waals surface area contributed by atoms with Crippen molar-refractivity contribution in [2.24, 2.45) is 11.8 Å². The largest absolute Gasteiger partial charge is 0.396 e. The highest BCUT2D eigenvalue weighted by atomic mass is 16.3. The maximum Gasteiger partial charge on any atom is 0.0840 e. The van der Waals surface area contributed by atoms with Gasteiger partial charge < -0.3 is 10.2 Å². The topological polar surface area (TPSA) is 40.5 Å². The Morgan fingerprint density at radius 2 is 0.808 bits per heavy atom. The van der Waals surface area contributed by atoms with Gasteiger partial charge in [-0.25, -0.2) is 0 Å². The predicted molar refractivity (Wildman–Crippen MR) is 226 cm³/mol. The van der Waals surface area contributed by atoms with Crippen LogP contribution in [0.2, 0.25) is 0 Å². The molecule has 2 fully saturated rings. The van der Waals surface area contributed by atoms with E-state index in [0.29, 0.717) is 0 Å². The van der Waals surface area contributed by atoms with Crippen molar-refractivity contribution in [3.05, 3.63) is 68.8 Å². The van der Waals surface area contributed by atoms with Gasteiger partial charge in [-0.3, -0.25) is 0 Å². The highest BCUT2D eigenvalue weighted by Crippen LogP contribution is 2.63. The molecule has 0 unspecified atom stereocenters. The number of unbranched alkanes of at least 4 members (excludes halogenated alkanes) is 1. The van der Waals surface area contributed by atoms with Crippen LogP contribution in [0.5, 0.6) is 0 Å². The lowest BCUT2D eigenvalue weighted by molar-refractivity contribution is -0.141. The number of aliphatic hydroxyl groups is 2. The third kappa shape index (κ3) is 8.44. The zero-order chi connectivity index (χ0) is 38.9. The fourth-order valence-corrected chi connectivity index (χ4v) is 10.7. The summed E-state index contributed by atoms with van der Waals surface area (Å²) in [5.74, 6) is 0.438. The van der Waals surface area contributed by atoms with Crippen LogP contribution in [-0.2, 0) is 39.9 Å². The van der Waals surface area contributed by atoms with Gasteiger partial charge in [-0.1, -0.05) is 160 Å². The molecule has 0 amide bonds. The van der Waals surface area contributed by atoms with E-state index in [4.69, 9.17) is 0 Å². The Balaban J connectivity index is 2.52. The minimum Gasteiger partial charge on any atom is -0.396 e. The molecular weight excluding hydrogens is 633 g/mol. The fraction of sp³-hybridized carbons (Fsp3) is 0.760. The van der Waals surface area contributed by atoms with Crippen molar-refractivity contribution in [2.75, 3.05) is 6.61 Å². The molecule has 2 aromatic carbocycles. The van der Waals surface area contributed by atoms with E-state index in [-0.39, 0.29) is 40.1 Å². The molecule has 2 nitrogen and oxygen atoms in total. The molecule has 294 valence electrons. The zero-order valence-electron chi connectivity index (χ0n) is 36.7. The number of aryl methyl sites for hydroxylation is 2. The molecule has 2 saturated carbocycles. The first-order chi connectivity index (χ1) is 24.1. The molecule has 2 N–H and O–H groups in total. The molecule has 0 radical (unpaired) electrons. The van der Waals surface area contributed by atoms with Crippen molar-refractivity contribution in [3.8, 4) is 0 Å². The lowest BCUT2D eigenvalue weighted by Gasteiger charge is -2.61. The summed E-state index contributed by atoms with van der Waals surface area (Å²) in [6, 6.07) is 10.2. The van der Waals surface area contributed by atoms with Gasteiger partial charge in [0.15, 0.2) is 0 Å². The quantitative estimate of drug-likeness (QED) is 0.228. The Kier molecular flexibility index (Phi) is 13.4.